The number of sulfone groups is 1. The fraction of sp³-hybridized carbons (Fsp3) is 0.630. The number of allylic oxidation sites excluding steroid dienone is 1. The van der Waals surface area contributed by atoms with Crippen molar-refractivity contribution in [1.29, 1.82) is 0 Å². The van der Waals surface area contributed by atoms with Crippen LogP contribution in [-0.4, -0.2) is 49.2 Å². The van der Waals surface area contributed by atoms with E-state index >= 15 is 0 Å². The number of rotatable bonds is 3. The molecule has 10 heteroatoms. The Morgan fingerprint density at radius 3 is 2.24 bits per heavy atom. The summed E-state index contributed by atoms with van der Waals surface area (Å²) in [6, 6.07) is 5.95. The number of benzene rings is 1. The summed E-state index contributed by atoms with van der Waals surface area (Å²) in [7, 11) is -3.51. The number of hydrogen-bond donors (Lipinski definition) is 2. The van der Waals surface area contributed by atoms with Crippen LogP contribution in [0.5, 0.6) is 0 Å². The quantitative estimate of drug-likeness (QED) is 0.487. The molecule has 0 amide bonds. The average Bonchev–Trinajstić information content (AvgIpc) is 3.14. The van der Waals surface area contributed by atoms with Crippen molar-refractivity contribution in [3.05, 3.63) is 52.6 Å². The Bertz CT molecular complexity index is 1250. The van der Waals surface area contributed by atoms with Gasteiger partial charge in [0, 0.05) is 24.0 Å². The van der Waals surface area contributed by atoms with Crippen LogP contribution in [0.1, 0.15) is 56.9 Å². The molecule has 2 saturated carbocycles. The van der Waals surface area contributed by atoms with Gasteiger partial charge in [0.1, 0.15) is 0 Å². The Morgan fingerprint density at radius 2 is 1.65 bits per heavy atom. The van der Waals surface area contributed by atoms with E-state index in [1.165, 1.54) is 19.1 Å². The molecule has 4 nitrogen and oxygen atoms in total. The van der Waals surface area contributed by atoms with Crippen molar-refractivity contribution in [3.8, 4) is 0 Å². The maximum absolute atomic E-state index is 14.9. The van der Waals surface area contributed by atoms with E-state index in [1.54, 1.807) is 12.1 Å². The summed E-state index contributed by atoms with van der Waals surface area (Å²) < 4.78 is 94.5. The zero-order chi connectivity index (χ0) is 27.1. The van der Waals surface area contributed by atoms with E-state index in [2.05, 4.69) is 0 Å². The highest BCUT2D eigenvalue weighted by Gasteiger charge is 2.71. The maximum Gasteiger partial charge on any atom is 0.453 e. The molecule has 0 spiro atoms. The molecule has 2 fully saturated rings. The predicted octanol–water partition coefficient (Wildman–Crippen LogP) is 5.57. The molecule has 37 heavy (non-hydrogen) atoms. The lowest BCUT2D eigenvalue weighted by molar-refractivity contribution is -0.315. The lowest BCUT2D eigenvalue weighted by Gasteiger charge is -2.55. The van der Waals surface area contributed by atoms with Crippen LogP contribution < -0.4 is 0 Å². The first-order valence-corrected chi connectivity index (χ1v) is 14.5. The minimum absolute atomic E-state index is 0.0196. The smallest absolute Gasteiger partial charge is 0.392 e. The Balaban J connectivity index is 1.70. The van der Waals surface area contributed by atoms with Crippen LogP contribution in [0.25, 0.3) is 0 Å². The minimum Gasteiger partial charge on any atom is -0.392 e. The molecule has 7 atom stereocenters. The molecule has 0 radical (unpaired) electrons. The molecule has 1 aromatic carbocycles. The van der Waals surface area contributed by atoms with Crippen LogP contribution in [0.4, 0.5) is 22.0 Å². The van der Waals surface area contributed by atoms with E-state index in [-0.39, 0.29) is 30.6 Å². The summed E-state index contributed by atoms with van der Waals surface area (Å²) in [5, 5.41) is 22.3. The first-order valence-electron chi connectivity index (χ1n) is 12.6. The molecular formula is C27H31F5O4S. The highest BCUT2D eigenvalue weighted by Crippen LogP contribution is 2.69. The van der Waals surface area contributed by atoms with Gasteiger partial charge in [-0.15, -0.1) is 0 Å². The van der Waals surface area contributed by atoms with E-state index in [0.717, 1.165) is 11.8 Å². The molecule has 204 valence electrons. The summed E-state index contributed by atoms with van der Waals surface area (Å²) >= 11 is 0. The molecule has 1 aromatic rings. The second kappa shape index (κ2) is 8.61. The third-order valence-electron chi connectivity index (χ3n) is 9.41. The molecule has 0 bridgehead atoms. The van der Waals surface area contributed by atoms with E-state index < -0.39 is 63.2 Å². The fourth-order valence-electron chi connectivity index (χ4n) is 7.83. The Kier molecular flexibility index (Phi) is 6.24. The molecule has 2 unspecified atom stereocenters. The molecule has 0 saturated heterocycles. The second-order valence-corrected chi connectivity index (χ2v) is 13.5. The van der Waals surface area contributed by atoms with Gasteiger partial charge in [-0.3, -0.25) is 0 Å². The lowest BCUT2D eigenvalue weighted by Crippen LogP contribution is -2.54. The normalized spacial score (nSPS) is 36.5. The van der Waals surface area contributed by atoms with Gasteiger partial charge in [-0.1, -0.05) is 30.7 Å². The molecule has 0 aromatic heterocycles. The van der Waals surface area contributed by atoms with Crippen LogP contribution in [0.3, 0.4) is 0 Å². The summed E-state index contributed by atoms with van der Waals surface area (Å²) in [5.41, 5.74) is 1.32. The first-order chi connectivity index (χ1) is 17.1. The van der Waals surface area contributed by atoms with Crippen LogP contribution in [0.2, 0.25) is 0 Å². The molecule has 4 aliphatic carbocycles. The lowest BCUT2D eigenvalue weighted by atomic mass is 9.50. The van der Waals surface area contributed by atoms with E-state index in [0.29, 0.717) is 29.6 Å². The van der Waals surface area contributed by atoms with Gasteiger partial charge < -0.3 is 10.2 Å². The SMILES string of the molecule is C[C@]12C[C@H](c3ccc(S(C)(=O)=O)cc3)C3=C4C(=CCCC4O)CC(O)[C@H]3[C@@H]1CC[C@@H]2C(F)(F)C(F)(F)F. The third-order valence-corrected chi connectivity index (χ3v) is 10.5. The first kappa shape index (κ1) is 26.8. The van der Waals surface area contributed by atoms with Gasteiger partial charge in [-0.25, -0.2) is 8.42 Å². The Hall–Kier alpha value is -1.78. The third kappa shape index (κ3) is 4.09. The van der Waals surface area contributed by atoms with Crippen molar-refractivity contribution in [3.63, 3.8) is 0 Å². The Morgan fingerprint density at radius 1 is 1.00 bits per heavy atom. The fourth-order valence-corrected chi connectivity index (χ4v) is 8.46. The number of aliphatic hydroxyl groups is 2. The molecule has 2 N–H and O–H groups in total. The Labute approximate surface area is 213 Å². The standard InChI is InChI=1S/C27H31F5O4S/c1-25-13-17(14-6-8-16(9-7-14)37(2,35)36)23-22-15(4-3-5-19(22)33)12-20(34)24(23)18(25)10-11-21(25)26(28,29)27(30,31)32/h4,6-9,17-21,24,33-34H,3,5,10-13H2,1-2H3/t17-,18+,19?,20?,21+,24-,25+/m1/s1. The number of aliphatic hydroxyl groups excluding tert-OH is 2. The monoisotopic (exact) mass is 546 g/mol. The van der Waals surface area contributed by atoms with E-state index in [9.17, 15) is 40.6 Å². The van der Waals surface area contributed by atoms with Gasteiger partial charge in [-0.2, -0.15) is 22.0 Å². The predicted molar refractivity (Wildman–Crippen MR) is 127 cm³/mol. The zero-order valence-corrected chi connectivity index (χ0v) is 21.4. The molecule has 5 rings (SSSR count). The van der Waals surface area contributed by atoms with Gasteiger partial charge in [0.05, 0.1) is 17.1 Å². The summed E-state index contributed by atoms with van der Waals surface area (Å²) in [6.07, 6.45) is -3.38. The van der Waals surface area contributed by atoms with Gasteiger partial charge in [0.25, 0.3) is 0 Å². The zero-order valence-electron chi connectivity index (χ0n) is 20.6. The van der Waals surface area contributed by atoms with Gasteiger partial charge in [0.2, 0.25) is 0 Å². The summed E-state index contributed by atoms with van der Waals surface area (Å²) in [6.45, 7) is 1.49. The number of halogens is 5. The van der Waals surface area contributed by atoms with Crippen LogP contribution in [0, 0.1) is 23.2 Å². The average molecular weight is 547 g/mol. The number of alkyl halides is 5. The number of fused-ring (bicyclic) bond motifs is 4. The highest BCUT2D eigenvalue weighted by atomic mass is 32.2. The minimum atomic E-state index is -5.69. The van der Waals surface area contributed by atoms with Crippen LogP contribution in [-0.2, 0) is 9.84 Å². The second-order valence-electron chi connectivity index (χ2n) is 11.4. The molecule has 0 heterocycles. The van der Waals surface area contributed by atoms with Crippen molar-refractivity contribution >= 4 is 9.84 Å². The van der Waals surface area contributed by atoms with Gasteiger partial charge in [-0.05, 0) is 78.7 Å². The number of hydrogen-bond acceptors (Lipinski definition) is 4. The summed E-state index contributed by atoms with van der Waals surface area (Å²) in [4.78, 5) is 0.0645. The summed E-state index contributed by atoms with van der Waals surface area (Å²) in [5.74, 6) is -8.76. The van der Waals surface area contributed by atoms with E-state index in [1.807, 2.05) is 6.08 Å². The van der Waals surface area contributed by atoms with Gasteiger partial charge in [0.15, 0.2) is 9.84 Å². The molecular weight excluding hydrogens is 515 g/mol. The molecule has 0 aliphatic heterocycles. The van der Waals surface area contributed by atoms with Crippen molar-refractivity contribution in [2.75, 3.05) is 6.26 Å². The van der Waals surface area contributed by atoms with Crippen LogP contribution in [0.15, 0.2) is 52.0 Å². The van der Waals surface area contributed by atoms with E-state index in [4.69, 9.17) is 0 Å². The molecule has 4 aliphatic rings. The highest BCUT2D eigenvalue weighted by molar-refractivity contribution is 7.90. The van der Waals surface area contributed by atoms with Crippen molar-refractivity contribution in [1.82, 2.24) is 0 Å². The van der Waals surface area contributed by atoms with Crippen molar-refractivity contribution in [2.24, 2.45) is 23.2 Å². The van der Waals surface area contributed by atoms with Gasteiger partial charge >= 0.3 is 12.1 Å². The van der Waals surface area contributed by atoms with Crippen molar-refractivity contribution in [2.45, 2.75) is 80.6 Å². The topological polar surface area (TPSA) is 74.6 Å². The van der Waals surface area contributed by atoms with Crippen LogP contribution >= 0.6 is 0 Å². The van der Waals surface area contributed by atoms with Crippen molar-refractivity contribution < 1.29 is 40.6 Å². The maximum atomic E-state index is 14.9. The largest absolute Gasteiger partial charge is 0.453 e.